The maximum absolute atomic E-state index is 12.0. The molecular weight excluding hydrogens is 234 g/mol. The Morgan fingerprint density at radius 1 is 1.50 bits per heavy atom. The molecular formula is C12H19N3O3. The highest BCUT2D eigenvalue weighted by molar-refractivity contribution is 5.78. The lowest BCUT2D eigenvalue weighted by Gasteiger charge is -2.35. The van der Waals surface area contributed by atoms with Crippen LogP contribution < -0.4 is 0 Å². The Labute approximate surface area is 106 Å². The molecule has 1 aliphatic rings. The molecule has 1 amide bonds. The smallest absolute Gasteiger partial charge is 0.228 e. The van der Waals surface area contributed by atoms with Crippen molar-refractivity contribution in [1.29, 1.82) is 0 Å². The van der Waals surface area contributed by atoms with Gasteiger partial charge in [0.1, 0.15) is 6.26 Å². The van der Waals surface area contributed by atoms with Crippen LogP contribution in [0.3, 0.4) is 0 Å². The molecule has 0 radical (unpaired) electrons. The molecule has 0 aromatic carbocycles. The average molecular weight is 253 g/mol. The van der Waals surface area contributed by atoms with Crippen LogP contribution in [0.4, 0.5) is 0 Å². The van der Waals surface area contributed by atoms with Gasteiger partial charge in [0.25, 0.3) is 0 Å². The molecule has 2 heterocycles. The van der Waals surface area contributed by atoms with Crippen molar-refractivity contribution >= 4 is 5.91 Å². The number of hydrogen-bond donors (Lipinski definition) is 1. The van der Waals surface area contributed by atoms with Crippen LogP contribution in [0.15, 0.2) is 16.9 Å². The molecule has 1 saturated heterocycles. The molecule has 1 aromatic heterocycles. The maximum atomic E-state index is 12.0. The fourth-order valence-electron chi connectivity index (χ4n) is 2.15. The molecule has 0 aliphatic carbocycles. The van der Waals surface area contributed by atoms with Crippen LogP contribution in [-0.2, 0) is 11.2 Å². The zero-order valence-electron chi connectivity index (χ0n) is 10.6. The highest BCUT2D eigenvalue weighted by Crippen LogP contribution is 2.06. The van der Waals surface area contributed by atoms with Crippen molar-refractivity contribution in [1.82, 2.24) is 15.0 Å². The lowest BCUT2D eigenvalue weighted by atomic mass is 10.2. The van der Waals surface area contributed by atoms with Crippen molar-refractivity contribution < 1.29 is 14.4 Å². The number of hydrogen-bond acceptors (Lipinski definition) is 5. The molecule has 6 nitrogen and oxygen atoms in total. The monoisotopic (exact) mass is 253 g/mol. The molecule has 1 aromatic rings. The van der Waals surface area contributed by atoms with E-state index in [1.54, 1.807) is 13.0 Å². The van der Waals surface area contributed by atoms with E-state index in [4.69, 9.17) is 4.52 Å². The van der Waals surface area contributed by atoms with Crippen molar-refractivity contribution in [3.63, 3.8) is 0 Å². The number of β-amino-alcohol motifs (C(OH)–C–C–N with tert-alkyl or cyclic N) is 1. The molecule has 0 unspecified atom stereocenters. The van der Waals surface area contributed by atoms with Crippen LogP contribution in [0.5, 0.6) is 0 Å². The lowest BCUT2D eigenvalue weighted by molar-refractivity contribution is -0.132. The highest BCUT2D eigenvalue weighted by atomic mass is 16.5. The second-order valence-electron chi connectivity index (χ2n) is 4.70. The van der Waals surface area contributed by atoms with E-state index in [1.807, 2.05) is 4.90 Å². The lowest BCUT2D eigenvalue weighted by Crippen LogP contribution is -2.50. The molecule has 1 aliphatic heterocycles. The van der Waals surface area contributed by atoms with Crippen molar-refractivity contribution in [3.8, 4) is 0 Å². The molecule has 2 rings (SSSR count). The summed E-state index contributed by atoms with van der Waals surface area (Å²) < 4.78 is 4.71. The summed E-state index contributed by atoms with van der Waals surface area (Å²) >= 11 is 0. The normalized spacial score (nSPS) is 18.9. The molecule has 0 saturated carbocycles. The van der Waals surface area contributed by atoms with Crippen LogP contribution in [-0.4, -0.2) is 64.8 Å². The molecule has 0 bridgehead atoms. The summed E-state index contributed by atoms with van der Waals surface area (Å²) in [6.45, 7) is 5.51. The quantitative estimate of drug-likeness (QED) is 0.800. The zero-order valence-corrected chi connectivity index (χ0v) is 10.6. The first kappa shape index (κ1) is 13.0. The van der Waals surface area contributed by atoms with Crippen molar-refractivity contribution in [2.75, 3.05) is 32.7 Å². The highest BCUT2D eigenvalue weighted by Gasteiger charge is 2.22. The SMILES string of the molecule is C[C@H](O)CN1CCN(C(=O)Cc2ccon2)CC1. The standard InChI is InChI=1S/C12H19N3O3/c1-10(16)9-14-3-5-15(6-4-14)12(17)8-11-2-7-18-13-11/h2,7,10,16H,3-6,8-9H2,1H3/t10-/m0/s1. The van der Waals surface area contributed by atoms with E-state index in [-0.39, 0.29) is 12.0 Å². The van der Waals surface area contributed by atoms with E-state index in [0.29, 0.717) is 31.7 Å². The number of aliphatic hydroxyl groups excluding tert-OH is 1. The van der Waals surface area contributed by atoms with Gasteiger partial charge in [0.15, 0.2) is 0 Å². The Balaban J connectivity index is 1.77. The molecule has 0 spiro atoms. The predicted octanol–water partition coefficient (Wildman–Crippen LogP) is -0.258. The second-order valence-corrected chi connectivity index (χ2v) is 4.70. The largest absolute Gasteiger partial charge is 0.392 e. The third kappa shape index (κ3) is 3.54. The van der Waals surface area contributed by atoms with Gasteiger partial charge in [-0.1, -0.05) is 5.16 Å². The molecule has 1 fully saturated rings. The van der Waals surface area contributed by atoms with Crippen molar-refractivity contribution in [3.05, 3.63) is 18.0 Å². The average Bonchev–Trinajstić information content (AvgIpc) is 2.82. The summed E-state index contributed by atoms with van der Waals surface area (Å²) in [7, 11) is 0. The van der Waals surface area contributed by atoms with Gasteiger partial charge in [-0.3, -0.25) is 9.69 Å². The third-order valence-corrected chi connectivity index (χ3v) is 3.07. The minimum Gasteiger partial charge on any atom is -0.392 e. The first-order valence-electron chi connectivity index (χ1n) is 6.22. The van der Waals surface area contributed by atoms with Crippen LogP contribution in [0.2, 0.25) is 0 Å². The summed E-state index contributed by atoms with van der Waals surface area (Å²) in [6.07, 6.45) is 1.46. The number of nitrogens with zero attached hydrogens (tertiary/aromatic N) is 3. The van der Waals surface area contributed by atoms with Gasteiger partial charge in [0.2, 0.25) is 5.91 Å². The van der Waals surface area contributed by atoms with E-state index >= 15 is 0 Å². The number of aliphatic hydroxyl groups is 1. The Kier molecular flexibility index (Phi) is 4.33. The van der Waals surface area contributed by atoms with Gasteiger partial charge in [-0.25, -0.2) is 0 Å². The number of carbonyl (C=O) groups excluding carboxylic acids is 1. The number of aromatic nitrogens is 1. The van der Waals surface area contributed by atoms with Crippen molar-refractivity contribution in [2.45, 2.75) is 19.4 Å². The van der Waals surface area contributed by atoms with Crippen LogP contribution in [0.1, 0.15) is 12.6 Å². The summed E-state index contributed by atoms with van der Waals surface area (Å²) in [4.78, 5) is 16.0. The Bertz CT molecular complexity index is 370. The number of piperazine rings is 1. The van der Waals surface area contributed by atoms with E-state index in [2.05, 4.69) is 10.1 Å². The summed E-state index contributed by atoms with van der Waals surface area (Å²) in [6, 6.07) is 1.71. The molecule has 18 heavy (non-hydrogen) atoms. The first-order chi connectivity index (χ1) is 8.65. The minimum atomic E-state index is -0.317. The Morgan fingerprint density at radius 3 is 2.78 bits per heavy atom. The fraction of sp³-hybridized carbons (Fsp3) is 0.667. The zero-order chi connectivity index (χ0) is 13.0. The second kappa shape index (κ2) is 5.97. The summed E-state index contributed by atoms with van der Waals surface area (Å²) in [5, 5.41) is 13.0. The summed E-state index contributed by atoms with van der Waals surface area (Å²) in [5.41, 5.74) is 0.673. The summed E-state index contributed by atoms with van der Waals surface area (Å²) in [5.74, 6) is 0.0839. The number of rotatable bonds is 4. The Hall–Kier alpha value is -1.40. The van der Waals surface area contributed by atoms with Gasteiger partial charge < -0.3 is 14.5 Å². The molecule has 1 atom stereocenters. The number of carbonyl (C=O) groups is 1. The van der Waals surface area contributed by atoms with Crippen LogP contribution in [0, 0.1) is 0 Å². The van der Waals surface area contributed by atoms with Crippen molar-refractivity contribution in [2.24, 2.45) is 0 Å². The number of amides is 1. The van der Waals surface area contributed by atoms with Gasteiger partial charge in [0.05, 0.1) is 18.2 Å². The fourth-order valence-corrected chi connectivity index (χ4v) is 2.15. The maximum Gasteiger partial charge on any atom is 0.228 e. The van der Waals surface area contributed by atoms with Gasteiger partial charge >= 0.3 is 0 Å². The molecule has 6 heteroatoms. The van der Waals surface area contributed by atoms with E-state index in [0.717, 1.165) is 13.1 Å². The van der Waals surface area contributed by atoms with E-state index < -0.39 is 0 Å². The van der Waals surface area contributed by atoms with E-state index in [1.165, 1.54) is 6.26 Å². The van der Waals surface area contributed by atoms with Gasteiger partial charge in [-0.2, -0.15) is 0 Å². The van der Waals surface area contributed by atoms with Gasteiger partial charge in [-0.15, -0.1) is 0 Å². The first-order valence-corrected chi connectivity index (χ1v) is 6.22. The topological polar surface area (TPSA) is 69.8 Å². The minimum absolute atomic E-state index is 0.0839. The predicted molar refractivity (Wildman–Crippen MR) is 64.9 cm³/mol. The van der Waals surface area contributed by atoms with Crippen LogP contribution >= 0.6 is 0 Å². The molecule has 1 N–H and O–H groups in total. The van der Waals surface area contributed by atoms with Crippen LogP contribution in [0.25, 0.3) is 0 Å². The van der Waals surface area contributed by atoms with E-state index in [9.17, 15) is 9.90 Å². The molecule has 100 valence electrons. The third-order valence-electron chi connectivity index (χ3n) is 3.07. The van der Waals surface area contributed by atoms with Gasteiger partial charge in [0, 0.05) is 38.8 Å². The van der Waals surface area contributed by atoms with Gasteiger partial charge in [-0.05, 0) is 6.92 Å². The Morgan fingerprint density at radius 2 is 2.22 bits per heavy atom.